The summed E-state index contributed by atoms with van der Waals surface area (Å²) in [6.07, 6.45) is -1.47. The third kappa shape index (κ3) is 8.05. The Labute approximate surface area is 172 Å². The van der Waals surface area contributed by atoms with Crippen molar-refractivity contribution in [3.8, 4) is 0 Å². The minimum atomic E-state index is -1.07. The van der Waals surface area contributed by atoms with Crippen molar-refractivity contribution in [2.24, 2.45) is 5.16 Å². The number of hydrogen-bond donors (Lipinski definition) is 4. The molecule has 1 aromatic rings. The molecule has 0 saturated carbocycles. The highest BCUT2D eigenvalue weighted by Gasteiger charge is 2.28. The topological polar surface area (TPSA) is 178 Å². The predicted octanol–water partition coefficient (Wildman–Crippen LogP) is 1.92. The van der Waals surface area contributed by atoms with Gasteiger partial charge in [-0.3, -0.25) is 25.1 Å². The van der Waals surface area contributed by atoms with Gasteiger partial charge in [-0.2, -0.15) is 5.48 Å². The number of carbonyl (C=O) groups excluding carboxylic acids is 2. The summed E-state index contributed by atoms with van der Waals surface area (Å²) in [6, 6.07) is 2.20. The van der Waals surface area contributed by atoms with Crippen LogP contribution in [0.1, 0.15) is 52.1 Å². The Kier molecular flexibility index (Phi) is 8.30. The first kappa shape index (κ1) is 24.8. The van der Waals surface area contributed by atoms with Crippen LogP contribution in [0.15, 0.2) is 21.7 Å². The van der Waals surface area contributed by atoms with Gasteiger partial charge in [-0.15, -0.1) is 0 Å². The average Bonchev–Trinajstić information content (AvgIpc) is 3.09. The van der Waals surface area contributed by atoms with Gasteiger partial charge in [0.15, 0.2) is 12.0 Å². The molecule has 0 fully saturated rings. The van der Waals surface area contributed by atoms with E-state index >= 15 is 0 Å². The molecule has 13 heteroatoms. The van der Waals surface area contributed by atoms with Gasteiger partial charge in [0.05, 0.1) is 23.9 Å². The number of hydrogen-bond acceptors (Lipinski definition) is 10. The number of oxime groups is 1. The Morgan fingerprint density at radius 3 is 2.43 bits per heavy atom. The maximum absolute atomic E-state index is 12.1. The number of carbonyl (C=O) groups is 2. The first-order chi connectivity index (χ1) is 13.7. The molecule has 0 aromatic carbocycles. The first-order valence-corrected chi connectivity index (χ1v) is 8.91. The summed E-state index contributed by atoms with van der Waals surface area (Å²) in [5.74, 6) is -1.57. The highest BCUT2D eigenvalue weighted by molar-refractivity contribution is 5.99. The summed E-state index contributed by atoms with van der Waals surface area (Å²) >= 11 is 0. The van der Waals surface area contributed by atoms with Crippen LogP contribution in [0, 0.1) is 10.1 Å². The summed E-state index contributed by atoms with van der Waals surface area (Å²) in [5, 5.41) is 28.0. The van der Waals surface area contributed by atoms with Gasteiger partial charge in [0.1, 0.15) is 10.5 Å². The van der Waals surface area contributed by atoms with Gasteiger partial charge >= 0.3 is 12.0 Å². The van der Waals surface area contributed by atoms with E-state index in [0.717, 1.165) is 12.1 Å². The highest BCUT2D eigenvalue weighted by atomic mass is 16.7. The quantitative estimate of drug-likeness (QED) is 0.150. The Morgan fingerprint density at radius 1 is 1.30 bits per heavy atom. The number of nitro groups is 1. The Hall–Kier alpha value is -3.19. The molecule has 13 nitrogen and oxygen atoms in total. The van der Waals surface area contributed by atoms with Crippen LogP contribution < -0.4 is 16.1 Å². The number of ether oxygens (including phenoxy) is 1. The number of alkyl carbamates (subject to hydrolysis) is 1. The smallest absolute Gasteiger partial charge is 0.433 e. The molecular formula is C17H27N5O8. The minimum Gasteiger partial charge on any atom is -0.444 e. The SMILES string of the molecule is CC(NC(=O)OC(C)(C)C)ONC(C)(C)/C(CNC(=O)c1ccc([N+](=O)[O-])o1)=N\O. The van der Waals surface area contributed by atoms with Gasteiger partial charge in [0.2, 0.25) is 0 Å². The lowest BCUT2D eigenvalue weighted by Gasteiger charge is -2.29. The lowest BCUT2D eigenvalue weighted by Crippen LogP contribution is -2.53. The second-order valence-corrected chi connectivity index (χ2v) is 7.76. The van der Waals surface area contributed by atoms with Crippen molar-refractivity contribution < 1.29 is 33.7 Å². The summed E-state index contributed by atoms with van der Waals surface area (Å²) < 4.78 is 9.92. The Bertz CT molecular complexity index is 796. The average molecular weight is 429 g/mol. The van der Waals surface area contributed by atoms with Crippen molar-refractivity contribution in [3.05, 3.63) is 28.0 Å². The second-order valence-electron chi connectivity index (χ2n) is 7.76. The molecule has 0 spiro atoms. The zero-order chi connectivity index (χ0) is 23.1. The maximum Gasteiger partial charge on any atom is 0.433 e. The van der Waals surface area contributed by atoms with Crippen molar-refractivity contribution in [1.82, 2.24) is 16.1 Å². The summed E-state index contributed by atoms with van der Waals surface area (Å²) in [4.78, 5) is 39.0. The molecule has 0 aliphatic rings. The van der Waals surface area contributed by atoms with Crippen LogP contribution in [0.2, 0.25) is 0 Å². The van der Waals surface area contributed by atoms with E-state index in [1.165, 1.54) is 0 Å². The van der Waals surface area contributed by atoms with E-state index in [-0.39, 0.29) is 18.0 Å². The zero-order valence-corrected chi connectivity index (χ0v) is 17.6. The van der Waals surface area contributed by atoms with Crippen molar-refractivity contribution in [3.63, 3.8) is 0 Å². The highest BCUT2D eigenvalue weighted by Crippen LogP contribution is 2.15. The number of hydroxylamine groups is 1. The van der Waals surface area contributed by atoms with Gasteiger partial charge in [0.25, 0.3) is 5.91 Å². The van der Waals surface area contributed by atoms with Crippen LogP contribution in [0.3, 0.4) is 0 Å². The molecule has 0 aliphatic carbocycles. The van der Waals surface area contributed by atoms with Crippen molar-refractivity contribution in [2.75, 3.05) is 6.54 Å². The molecule has 0 aliphatic heterocycles. The Balaban J connectivity index is 2.58. The van der Waals surface area contributed by atoms with Crippen LogP contribution in [0.5, 0.6) is 0 Å². The van der Waals surface area contributed by atoms with Gasteiger partial charge in [-0.05, 0) is 47.6 Å². The molecular weight excluding hydrogens is 402 g/mol. The van der Waals surface area contributed by atoms with Crippen LogP contribution in [0.25, 0.3) is 0 Å². The molecule has 1 aromatic heterocycles. The van der Waals surface area contributed by atoms with Gasteiger partial charge in [0, 0.05) is 0 Å². The first-order valence-electron chi connectivity index (χ1n) is 8.91. The number of furan rings is 1. The summed E-state index contributed by atoms with van der Waals surface area (Å²) in [5.41, 5.74) is 0.971. The zero-order valence-electron chi connectivity index (χ0n) is 17.6. The molecule has 1 unspecified atom stereocenters. The molecule has 0 saturated heterocycles. The third-order valence-corrected chi connectivity index (χ3v) is 3.46. The predicted molar refractivity (Wildman–Crippen MR) is 104 cm³/mol. The van der Waals surface area contributed by atoms with E-state index in [1.807, 2.05) is 0 Å². The largest absolute Gasteiger partial charge is 0.444 e. The van der Waals surface area contributed by atoms with Crippen molar-refractivity contribution in [1.29, 1.82) is 0 Å². The molecule has 0 bridgehead atoms. The van der Waals surface area contributed by atoms with Crippen molar-refractivity contribution in [2.45, 2.75) is 58.9 Å². The van der Waals surface area contributed by atoms with Gasteiger partial charge in [-0.1, -0.05) is 5.16 Å². The van der Waals surface area contributed by atoms with Gasteiger partial charge < -0.3 is 19.7 Å². The molecule has 1 rings (SSSR count). The van der Waals surface area contributed by atoms with E-state index in [4.69, 9.17) is 14.0 Å². The maximum atomic E-state index is 12.1. The van der Waals surface area contributed by atoms with Crippen LogP contribution in [-0.2, 0) is 9.57 Å². The van der Waals surface area contributed by atoms with E-state index in [1.54, 1.807) is 41.5 Å². The van der Waals surface area contributed by atoms with E-state index in [2.05, 4.69) is 21.3 Å². The second kappa shape index (κ2) is 10.0. The van der Waals surface area contributed by atoms with Crippen LogP contribution in [-0.4, -0.2) is 51.8 Å². The van der Waals surface area contributed by atoms with E-state index in [9.17, 15) is 24.9 Å². The molecule has 30 heavy (non-hydrogen) atoms. The number of nitrogens with zero attached hydrogens (tertiary/aromatic N) is 2. The van der Waals surface area contributed by atoms with Crippen LogP contribution >= 0.6 is 0 Å². The number of nitrogens with one attached hydrogen (secondary N) is 3. The lowest BCUT2D eigenvalue weighted by atomic mass is 9.99. The van der Waals surface area contributed by atoms with E-state index in [0.29, 0.717) is 0 Å². The molecule has 1 heterocycles. The molecule has 1 atom stereocenters. The molecule has 168 valence electrons. The molecule has 0 radical (unpaired) electrons. The minimum absolute atomic E-state index is 0.0707. The number of amides is 2. The lowest BCUT2D eigenvalue weighted by molar-refractivity contribution is -0.402. The summed E-state index contributed by atoms with van der Waals surface area (Å²) in [6.45, 7) is 9.70. The molecule has 4 N–H and O–H groups in total. The van der Waals surface area contributed by atoms with Crippen molar-refractivity contribution >= 4 is 23.6 Å². The van der Waals surface area contributed by atoms with Gasteiger partial charge in [-0.25, -0.2) is 4.79 Å². The van der Waals surface area contributed by atoms with E-state index < -0.39 is 40.2 Å². The fourth-order valence-corrected chi connectivity index (χ4v) is 1.98. The normalized spacial score (nSPS) is 13.5. The fourth-order valence-electron chi connectivity index (χ4n) is 1.98. The molecule has 2 amide bonds. The Morgan fingerprint density at radius 2 is 1.93 bits per heavy atom. The fraction of sp³-hybridized carbons (Fsp3) is 0.588. The number of rotatable bonds is 9. The standard InChI is InChI=1S/C17H27N5O8/c1-10(19-15(24)29-16(2,3)4)30-21-17(5,6)12(20-25)9-18-14(23)11-7-8-13(28-11)22(26)27/h7-8,10,21,25H,9H2,1-6H3,(H,18,23)(H,19,24)/b20-12-. The third-order valence-electron chi connectivity index (χ3n) is 3.46. The van der Waals surface area contributed by atoms with Crippen LogP contribution in [0.4, 0.5) is 10.7 Å². The summed E-state index contributed by atoms with van der Waals surface area (Å²) in [7, 11) is 0. The monoisotopic (exact) mass is 429 g/mol.